The van der Waals surface area contributed by atoms with Crippen molar-refractivity contribution in [3.8, 4) is 0 Å². The summed E-state index contributed by atoms with van der Waals surface area (Å²) < 4.78 is 19.3. The Bertz CT molecular complexity index is 793. The highest BCUT2D eigenvalue weighted by atomic mass is 19.1. The molecule has 1 saturated heterocycles. The quantitative estimate of drug-likeness (QED) is 0.895. The summed E-state index contributed by atoms with van der Waals surface area (Å²) in [6.45, 7) is 4.73. The Hall–Kier alpha value is -2.24. The fourth-order valence-electron chi connectivity index (χ4n) is 3.32. The number of hydrogen-bond acceptors (Lipinski definition) is 3. The molecule has 1 aliphatic rings. The summed E-state index contributed by atoms with van der Waals surface area (Å²) in [5.41, 5.74) is 2.85. The average molecular weight is 357 g/mol. The average Bonchev–Trinajstić information content (AvgIpc) is 2.99. The summed E-state index contributed by atoms with van der Waals surface area (Å²) in [7, 11) is 0. The molecule has 1 N–H and O–H groups in total. The van der Waals surface area contributed by atoms with Crippen LogP contribution in [0.3, 0.4) is 0 Å². The van der Waals surface area contributed by atoms with Crippen LogP contribution >= 0.6 is 0 Å². The third kappa shape index (κ3) is 3.94. The van der Waals surface area contributed by atoms with Crippen molar-refractivity contribution in [2.45, 2.75) is 32.5 Å². The zero-order chi connectivity index (χ0) is 18.7. The highest BCUT2D eigenvalue weighted by Crippen LogP contribution is 2.21. The summed E-state index contributed by atoms with van der Waals surface area (Å²) >= 11 is 0. The lowest BCUT2D eigenvalue weighted by atomic mass is 9.98. The number of β-amino-alcohol motifs (C(OH)–C–C–N with tert-alkyl or cyclic N) is 1. The number of carbonyl (C=O) groups is 1. The minimum atomic E-state index is -0.669. The number of aryl methyl sites for hydroxylation is 1. The Kier molecular flexibility index (Phi) is 5.69. The van der Waals surface area contributed by atoms with Crippen LogP contribution in [0.1, 0.15) is 34.0 Å². The number of carbonyl (C=O) groups excluding carboxylic acids is 1. The van der Waals surface area contributed by atoms with Gasteiger partial charge >= 0.3 is 0 Å². The molecule has 0 saturated carbocycles. The lowest BCUT2D eigenvalue weighted by Crippen LogP contribution is -2.31. The molecule has 138 valence electrons. The number of aliphatic hydroxyl groups excluding tert-OH is 1. The van der Waals surface area contributed by atoms with Gasteiger partial charge in [0.05, 0.1) is 6.10 Å². The Labute approximate surface area is 153 Å². The molecule has 0 aromatic heterocycles. The molecule has 0 bridgehead atoms. The number of benzene rings is 2. The molecule has 1 heterocycles. The van der Waals surface area contributed by atoms with Gasteiger partial charge in [0, 0.05) is 25.3 Å². The minimum absolute atomic E-state index is 0.130. The zero-order valence-electron chi connectivity index (χ0n) is 15.1. The van der Waals surface area contributed by atoms with Crippen molar-refractivity contribution in [2.75, 3.05) is 19.7 Å². The lowest BCUT2D eigenvalue weighted by Gasteiger charge is -2.18. The Balaban J connectivity index is 1.80. The highest BCUT2D eigenvalue weighted by molar-refractivity contribution is 5.96. The molecule has 2 atom stereocenters. The van der Waals surface area contributed by atoms with Gasteiger partial charge in [-0.05, 0) is 49.1 Å². The van der Waals surface area contributed by atoms with E-state index in [1.165, 1.54) is 6.07 Å². The van der Waals surface area contributed by atoms with Crippen LogP contribution in [0.4, 0.5) is 4.39 Å². The van der Waals surface area contributed by atoms with Crippen LogP contribution in [0.5, 0.6) is 0 Å². The van der Waals surface area contributed by atoms with Crippen molar-refractivity contribution in [3.63, 3.8) is 0 Å². The topological polar surface area (TPSA) is 49.8 Å². The SMILES string of the molecule is CCOC1CN(C(=O)c2ccccc2Cc2ccc(C)c(F)c2)CC1O. The molecular weight excluding hydrogens is 333 g/mol. The van der Waals surface area contributed by atoms with Crippen LogP contribution in [-0.4, -0.2) is 47.8 Å². The number of aliphatic hydroxyl groups is 1. The molecule has 1 amide bonds. The summed E-state index contributed by atoms with van der Waals surface area (Å²) in [5.74, 6) is -0.372. The van der Waals surface area contributed by atoms with Gasteiger partial charge in [0.2, 0.25) is 0 Å². The van der Waals surface area contributed by atoms with Gasteiger partial charge in [0.25, 0.3) is 5.91 Å². The van der Waals surface area contributed by atoms with Crippen LogP contribution in [-0.2, 0) is 11.2 Å². The van der Waals surface area contributed by atoms with E-state index in [1.807, 2.05) is 31.2 Å². The van der Waals surface area contributed by atoms with Gasteiger partial charge < -0.3 is 14.7 Å². The van der Waals surface area contributed by atoms with Gasteiger partial charge in [-0.15, -0.1) is 0 Å². The van der Waals surface area contributed by atoms with E-state index in [9.17, 15) is 14.3 Å². The van der Waals surface area contributed by atoms with E-state index in [0.29, 0.717) is 30.7 Å². The number of amides is 1. The molecule has 0 radical (unpaired) electrons. The van der Waals surface area contributed by atoms with E-state index >= 15 is 0 Å². The van der Waals surface area contributed by atoms with Gasteiger partial charge in [-0.2, -0.15) is 0 Å². The van der Waals surface area contributed by atoms with Crippen molar-refractivity contribution in [2.24, 2.45) is 0 Å². The molecule has 2 unspecified atom stereocenters. The van der Waals surface area contributed by atoms with Gasteiger partial charge in [0.15, 0.2) is 0 Å². The van der Waals surface area contributed by atoms with Crippen LogP contribution in [0.2, 0.25) is 0 Å². The molecule has 1 fully saturated rings. The standard InChI is InChI=1S/C21H24FNO3/c1-3-26-20-13-23(12-19(20)24)21(25)17-7-5-4-6-16(17)10-15-9-8-14(2)18(22)11-15/h4-9,11,19-20,24H,3,10,12-13H2,1-2H3. The normalized spacial score (nSPS) is 19.8. The molecule has 3 rings (SSSR count). The van der Waals surface area contributed by atoms with Gasteiger partial charge in [-0.1, -0.05) is 30.3 Å². The number of hydrogen-bond donors (Lipinski definition) is 1. The molecule has 1 aliphatic heterocycles. The largest absolute Gasteiger partial charge is 0.388 e. The van der Waals surface area contributed by atoms with E-state index in [2.05, 4.69) is 0 Å². The number of likely N-dealkylation sites (tertiary alicyclic amines) is 1. The molecule has 0 aliphatic carbocycles. The molecular formula is C21H24FNO3. The van der Waals surface area contributed by atoms with E-state index in [0.717, 1.165) is 11.1 Å². The Morgan fingerprint density at radius 1 is 1.27 bits per heavy atom. The summed E-state index contributed by atoms with van der Waals surface area (Å²) in [6, 6.07) is 12.5. The maximum atomic E-state index is 13.8. The predicted octanol–water partition coefficient (Wildman–Crippen LogP) is 2.95. The number of rotatable bonds is 5. The van der Waals surface area contributed by atoms with E-state index in [4.69, 9.17) is 4.74 Å². The second-order valence-corrected chi connectivity index (χ2v) is 6.69. The molecule has 4 nitrogen and oxygen atoms in total. The summed E-state index contributed by atoms with van der Waals surface area (Å²) in [6.07, 6.45) is -0.538. The first kappa shape index (κ1) is 18.5. The number of ether oxygens (including phenoxy) is 1. The number of nitrogens with zero attached hydrogens (tertiary/aromatic N) is 1. The second-order valence-electron chi connectivity index (χ2n) is 6.69. The summed E-state index contributed by atoms with van der Waals surface area (Å²) in [5, 5.41) is 10.1. The first-order chi connectivity index (χ1) is 12.5. The fraction of sp³-hybridized carbons (Fsp3) is 0.381. The molecule has 26 heavy (non-hydrogen) atoms. The third-order valence-electron chi connectivity index (χ3n) is 4.78. The summed E-state index contributed by atoms with van der Waals surface area (Å²) in [4.78, 5) is 14.6. The molecule has 0 spiro atoms. The highest BCUT2D eigenvalue weighted by Gasteiger charge is 2.35. The minimum Gasteiger partial charge on any atom is -0.388 e. The smallest absolute Gasteiger partial charge is 0.254 e. The third-order valence-corrected chi connectivity index (χ3v) is 4.78. The van der Waals surface area contributed by atoms with E-state index in [-0.39, 0.29) is 24.4 Å². The van der Waals surface area contributed by atoms with Gasteiger partial charge in [-0.25, -0.2) is 4.39 Å². The van der Waals surface area contributed by atoms with Gasteiger partial charge in [-0.3, -0.25) is 4.79 Å². The van der Waals surface area contributed by atoms with Crippen molar-refractivity contribution < 1.29 is 19.0 Å². The second kappa shape index (κ2) is 7.98. The van der Waals surface area contributed by atoms with E-state index < -0.39 is 6.10 Å². The zero-order valence-corrected chi connectivity index (χ0v) is 15.1. The fourth-order valence-corrected chi connectivity index (χ4v) is 3.32. The van der Waals surface area contributed by atoms with Gasteiger partial charge in [0.1, 0.15) is 11.9 Å². The Morgan fingerprint density at radius 2 is 2.04 bits per heavy atom. The first-order valence-electron chi connectivity index (χ1n) is 8.91. The maximum absolute atomic E-state index is 13.8. The van der Waals surface area contributed by atoms with Crippen LogP contribution in [0.25, 0.3) is 0 Å². The van der Waals surface area contributed by atoms with Crippen molar-refractivity contribution in [3.05, 3.63) is 70.5 Å². The molecule has 2 aromatic carbocycles. The predicted molar refractivity (Wildman–Crippen MR) is 97.7 cm³/mol. The van der Waals surface area contributed by atoms with Crippen molar-refractivity contribution in [1.29, 1.82) is 0 Å². The van der Waals surface area contributed by atoms with Crippen LogP contribution in [0, 0.1) is 12.7 Å². The van der Waals surface area contributed by atoms with Crippen molar-refractivity contribution in [1.82, 2.24) is 4.90 Å². The number of halogens is 1. The first-order valence-corrected chi connectivity index (χ1v) is 8.91. The van der Waals surface area contributed by atoms with Crippen molar-refractivity contribution >= 4 is 5.91 Å². The lowest BCUT2D eigenvalue weighted by molar-refractivity contribution is -0.00237. The molecule has 2 aromatic rings. The van der Waals surface area contributed by atoms with E-state index in [1.54, 1.807) is 24.0 Å². The molecule has 5 heteroatoms. The van der Waals surface area contributed by atoms with Crippen LogP contribution < -0.4 is 0 Å². The monoisotopic (exact) mass is 357 g/mol. The maximum Gasteiger partial charge on any atom is 0.254 e. The Morgan fingerprint density at radius 3 is 2.77 bits per heavy atom. The van der Waals surface area contributed by atoms with Crippen LogP contribution in [0.15, 0.2) is 42.5 Å².